The number of hydrogen-bond acceptors (Lipinski definition) is 1. The van der Waals surface area contributed by atoms with E-state index < -0.39 is 11.5 Å². The highest BCUT2D eigenvalue weighted by atomic mass is 19.1. The Morgan fingerprint density at radius 3 is 2.80 bits per heavy atom. The van der Waals surface area contributed by atoms with E-state index in [0.717, 1.165) is 5.56 Å². The number of carbonyl (C=O) groups is 1. The minimum absolute atomic E-state index is 0.0210. The minimum atomic E-state index is -1.92. The lowest BCUT2D eigenvalue weighted by Crippen LogP contribution is -2.32. The van der Waals surface area contributed by atoms with E-state index in [1.165, 1.54) is 12.2 Å². The average molecular weight is 202 g/mol. The SMILES string of the molecule is C=CC[C@]1(F)C(=O)C=Cc2ccccc21. The number of fused-ring (bicyclic) bond motifs is 1. The quantitative estimate of drug-likeness (QED) is 0.674. The molecule has 0 bridgehead atoms. The molecule has 1 atom stereocenters. The van der Waals surface area contributed by atoms with Crippen LogP contribution in [0.25, 0.3) is 6.08 Å². The summed E-state index contributed by atoms with van der Waals surface area (Å²) in [6.07, 6.45) is 4.41. The maximum absolute atomic E-state index is 14.5. The van der Waals surface area contributed by atoms with Gasteiger partial charge in [-0.1, -0.05) is 36.4 Å². The van der Waals surface area contributed by atoms with E-state index in [0.29, 0.717) is 5.56 Å². The van der Waals surface area contributed by atoms with Crippen LogP contribution in [0.2, 0.25) is 0 Å². The minimum Gasteiger partial charge on any atom is -0.291 e. The van der Waals surface area contributed by atoms with Crippen LogP contribution in [-0.2, 0) is 10.5 Å². The van der Waals surface area contributed by atoms with Crippen molar-refractivity contribution in [3.63, 3.8) is 0 Å². The van der Waals surface area contributed by atoms with E-state index in [1.54, 1.807) is 24.3 Å². The molecule has 1 nitrogen and oxygen atoms in total. The van der Waals surface area contributed by atoms with Gasteiger partial charge in [0.05, 0.1) is 0 Å². The van der Waals surface area contributed by atoms with Gasteiger partial charge in [-0.3, -0.25) is 4.79 Å². The fourth-order valence-corrected chi connectivity index (χ4v) is 1.84. The van der Waals surface area contributed by atoms with Gasteiger partial charge in [0.25, 0.3) is 0 Å². The molecule has 0 aliphatic heterocycles. The molecule has 1 aliphatic carbocycles. The highest BCUT2D eigenvalue weighted by Gasteiger charge is 2.40. The normalized spacial score (nSPS) is 23.7. The van der Waals surface area contributed by atoms with Crippen molar-refractivity contribution >= 4 is 11.9 Å². The summed E-state index contributed by atoms with van der Waals surface area (Å²) in [5, 5.41) is 0. The van der Waals surface area contributed by atoms with E-state index in [-0.39, 0.29) is 6.42 Å². The third-order valence-corrected chi connectivity index (χ3v) is 2.62. The van der Waals surface area contributed by atoms with E-state index in [9.17, 15) is 9.18 Å². The van der Waals surface area contributed by atoms with Crippen molar-refractivity contribution in [1.82, 2.24) is 0 Å². The van der Waals surface area contributed by atoms with Gasteiger partial charge in [0.15, 0.2) is 5.78 Å². The molecule has 0 unspecified atom stereocenters. The van der Waals surface area contributed by atoms with Crippen molar-refractivity contribution in [2.75, 3.05) is 0 Å². The third-order valence-electron chi connectivity index (χ3n) is 2.62. The second-order valence-corrected chi connectivity index (χ2v) is 3.58. The molecule has 0 radical (unpaired) electrons. The van der Waals surface area contributed by atoms with Crippen LogP contribution in [0.5, 0.6) is 0 Å². The predicted molar refractivity (Wildman–Crippen MR) is 58.1 cm³/mol. The Labute approximate surface area is 87.9 Å². The van der Waals surface area contributed by atoms with Crippen molar-refractivity contribution in [3.8, 4) is 0 Å². The molecule has 15 heavy (non-hydrogen) atoms. The highest BCUT2D eigenvalue weighted by molar-refractivity contribution is 6.04. The lowest BCUT2D eigenvalue weighted by Gasteiger charge is -2.26. The summed E-state index contributed by atoms with van der Waals surface area (Å²) in [4.78, 5) is 11.6. The third kappa shape index (κ3) is 1.42. The van der Waals surface area contributed by atoms with Crippen LogP contribution >= 0.6 is 0 Å². The first kappa shape index (κ1) is 9.84. The zero-order valence-corrected chi connectivity index (χ0v) is 8.24. The summed E-state index contributed by atoms with van der Waals surface area (Å²) >= 11 is 0. The van der Waals surface area contributed by atoms with Gasteiger partial charge in [0.1, 0.15) is 0 Å². The monoisotopic (exact) mass is 202 g/mol. The molecule has 2 heteroatoms. The molecule has 2 rings (SSSR count). The zero-order valence-electron chi connectivity index (χ0n) is 8.24. The summed E-state index contributed by atoms with van der Waals surface area (Å²) in [6.45, 7) is 3.49. The number of hydrogen-bond donors (Lipinski definition) is 0. The number of halogens is 1. The van der Waals surface area contributed by atoms with Crippen LogP contribution in [0.3, 0.4) is 0 Å². The average Bonchev–Trinajstić information content (AvgIpc) is 2.25. The summed E-state index contributed by atoms with van der Waals surface area (Å²) in [7, 11) is 0. The summed E-state index contributed by atoms with van der Waals surface area (Å²) < 4.78 is 14.5. The van der Waals surface area contributed by atoms with E-state index in [1.807, 2.05) is 6.07 Å². The summed E-state index contributed by atoms with van der Waals surface area (Å²) in [6, 6.07) is 7.02. The highest BCUT2D eigenvalue weighted by Crippen LogP contribution is 2.37. The maximum Gasteiger partial charge on any atom is 0.201 e. The number of carbonyl (C=O) groups excluding carboxylic acids is 1. The lowest BCUT2D eigenvalue weighted by atomic mass is 9.81. The fraction of sp³-hybridized carbons (Fsp3) is 0.154. The Bertz CT molecular complexity index is 448. The molecule has 1 aromatic carbocycles. The van der Waals surface area contributed by atoms with Crippen LogP contribution in [0.15, 0.2) is 43.0 Å². The van der Waals surface area contributed by atoms with Crippen molar-refractivity contribution in [3.05, 3.63) is 54.1 Å². The molecule has 1 aromatic rings. The molecular formula is C13H11FO. The van der Waals surface area contributed by atoms with E-state index >= 15 is 0 Å². The van der Waals surface area contributed by atoms with Gasteiger partial charge in [-0.2, -0.15) is 0 Å². The fourth-order valence-electron chi connectivity index (χ4n) is 1.84. The van der Waals surface area contributed by atoms with Gasteiger partial charge in [-0.15, -0.1) is 6.58 Å². The Balaban J connectivity index is 2.60. The maximum atomic E-state index is 14.5. The lowest BCUT2D eigenvalue weighted by molar-refractivity contribution is -0.126. The van der Waals surface area contributed by atoms with Crippen molar-refractivity contribution in [2.24, 2.45) is 0 Å². The molecule has 0 N–H and O–H groups in total. The Morgan fingerprint density at radius 2 is 2.07 bits per heavy atom. The predicted octanol–water partition coefficient (Wildman–Crippen LogP) is 3.02. The van der Waals surface area contributed by atoms with Gasteiger partial charge in [-0.05, 0) is 11.6 Å². The van der Waals surface area contributed by atoms with Crippen LogP contribution < -0.4 is 0 Å². The molecular weight excluding hydrogens is 191 g/mol. The second kappa shape index (κ2) is 3.46. The first-order valence-corrected chi connectivity index (χ1v) is 4.80. The first-order valence-electron chi connectivity index (χ1n) is 4.80. The van der Waals surface area contributed by atoms with Crippen molar-refractivity contribution in [1.29, 1.82) is 0 Å². The Kier molecular flexibility index (Phi) is 2.27. The Hall–Kier alpha value is -1.70. The first-order chi connectivity index (χ1) is 7.18. The molecule has 0 amide bonds. The topological polar surface area (TPSA) is 17.1 Å². The van der Waals surface area contributed by atoms with Crippen LogP contribution in [0.4, 0.5) is 4.39 Å². The Morgan fingerprint density at radius 1 is 1.33 bits per heavy atom. The van der Waals surface area contributed by atoms with Gasteiger partial charge < -0.3 is 0 Å². The molecule has 0 saturated carbocycles. The number of alkyl halides is 1. The summed E-state index contributed by atoms with van der Waals surface area (Å²) in [5.41, 5.74) is -0.716. The smallest absolute Gasteiger partial charge is 0.201 e. The molecule has 0 aromatic heterocycles. The zero-order chi connectivity index (χ0) is 10.9. The number of rotatable bonds is 2. The van der Waals surface area contributed by atoms with Crippen molar-refractivity contribution in [2.45, 2.75) is 12.1 Å². The second-order valence-electron chi connectivity index (χ2n) is 3.58. The molecule has 0 heterocycles. The molecule has 0 fully saturated rings. The van der Waals surface area contributed by atoms with E-state index in [4.69, 9.17) is 0 Å². The van der Waals surface area contributed by atoms with Crippen LogP contribution in [0.1, 0.15) is 17.5 Å². The van der Waals surface area contributed by atoms with Gasteiger partial charge in [0, 0.05) is 12.0 Å². The van der Waals surface area contributed by atoms with Gasteiger partial charge in [-0.25, -0.2) is 4.39 Å². The summed E-state index contributed by atoms with van der Waals surface area (Å²) in [5.74, 6) is -0.499. The van der Waals surface area contributed by atoms with Gasteiger partial charge >= 0.3 is 0 Å². The van der Waals surface area contributed by atoms with Crippen LogP contribution in [-0.4, -0.2) is 5.78 Å². The van der Waals surface area contributed by atoms with Crippen molar-refractivity contribution < 1.29 is 9.18 Å². The van der Waals surface area contributed by atoms with Gasteiger partial charge in [0.2, 0.25) is 5.67 Å². The molecule has 0 spiro atoms. The largest absolute Gasteiger partial charge is 0.291 e. The number of allylic oxidation sites excluding steroid dienone is 2. The molecule has 76 valence electrons. The van der Waals surface area contributed by atoms with Crippen LogP contribution in [0, 0.1) is 0 Å². The number of benzene rings is 1. The van der Waals surface area contributed by atoms with E-state index in [2.05, 4.69) is 6.58 Å². The number of ketones is 1. The molecule has 0 saturated heterocycles. The standard InChI is InChI=1S/C13H11FO/c1-2-9-13(14)11-6-4-3-5-10(11)7-8-12(13)15/h2-8H,1,9H2/t13-/m1/s1. The molecule has 1 aliphatic rings.